The molecule has 0 amide bonds. The largest absolute Gasteiger partial charge is 0.450 e. The maximum Gasteiger partial charge on any atom is 0.349 e. The molecule has 26 heavy (non-hydrogen) atoms. The number of carbonyl (C=O) groups is 1. The summed E-state index contributed by atoms with van der Waals surface area (Å²) < 4.78 is 5.97. The number of aromatic nitrogens is 2. The molecule has 8 heteroatoms. The highest BCUT2D eigenvalue weighted by Crippen LogP contribution is 2.36. The Balaban J connectivity index is 1.64. The summed E-state index contributed by atoms with van der Waals surface area (Å²) in [5.41, 5.74) is 0.986. The summed E-state index contributed by atoms with van der Waals surface area (Å²) in [5.74, 6) is 0.521. The third kappa shape index (κ3) is 3.19. The number of ether oxygens (including phenoxy) is 1. The Morgan fingerprint density at radius 3 is 2.96 bits per heavy atom. The standard InChI is InChI=1S/C18H17ClN2O3S2/c1-8-3-4-10-12(7-8)26-17-14(10)16(22)20-15(21-17)9(2)24-18(23)11-5-6-13(19)25-11/h5-6,8-9H,3-4,7H2,1-2H3,(H,20,21,22)/t8-,9-/m1/s1. The molecule has 136 valence electrons. The zero-order valence-electron chi connectivity index (χ0n) is 14.3. The minimum Gasteiger partial charge on any atom is -0.450 e. The van der Waals surface area contributed by atoms with E-state index in [-0.39, 0.29) is 5.56 Å². The topological polar surface area (TPSA) is 72.0 Å². The van der Waals surface area contributed by atoms with Gasteiger partial charge in [0.05, 0.1) is 9.72 Å². The number of esters is 1. The van der Waals surface area contributed by atoms with Crippen molar-refractivity contribution in [2.75, 3.05) is 0 Å². The number of carbonyl (C=O) groups excluding carboxylic acids is 1. The number of H-pyrrole nitrogens is 1. The van der Waals surface area contributed by atoms with Crippen molar-refractivity contribution in [1.29, 1.82) is 0 Å². The van der Waals surface area contributed by atoms with E-state index in [1.54, 1.807) is 30.4 Å². The van der Waals surface area contributed by atoms with Gasteiger partial charge < -0.3 is 9.72 Å². The molecule has 3 aromatic heterocycles. The Hall–Kier alpha value is -1.70. The molecule has 0 saturated carbocycles. The smallest absolute Gasteiger partial charge is 0.349 e. The summed E-state index contributed by atoms with van der Waals surface area (Å²) >= 11 is 8.59. The van der Waals surface area contributed by atoms with E-state index in [2.05, 4.69) is 16.9 Å². The number of nitrogens with zero attached hydrogens (tertiary/aromatic N) is 1. The lowest BCUT2D eigenvalue weighted by molar-refractivity contribution is 0.0326. The van der Waals surface area contributed by atoms with Crippen LogP contribution in [0.25, 0.3) is 10.2 Å². The molecule has 1 aliphatic rings. The van der Waals surface area contributed by atoms with Crippen molar-refractivity contribution in [3.05, 3.63) is 48.0 Å². The number of fused-ring (bicyclic) bond motifs is 3. The van der Waals surface area contributed by atoms with Crippen LogP contribution in [-0.4, -0.2) is 15.9 Å². The lowest BCUT2D eigenvalue weighted by Gasteiger charge is -2.17. The van der Waals surface area contributed by atoms with Crippen molar-refractivity contribution >= 4 is 50.5 Å². The Morgan fingerprint density at radius 1 is 1.42 bits per heavy atom. The summed E-state index contributed by atoms with van der Waals surface area (Å²) in [7, 11) is 0. The number of aromatic amines is 1. The first-order chi connectivity index (χ1) is 12.4. The van der Waals surface area contributed by atoms with Crippen molar-refractivity contribution in [3.8, 4) is 0 Å². The van der Waals surface area contributed by atoms with Gasteiger partial charge in [-0.2, -0.15) is 0 Å². The zero-order chi connectivity index (χ0) is 18.4. The van der Waals surface area contributed by atoms with E-state index in [4.69, 9.17) is 16.3 Å². The van der Waals surface area contributed by atoms with Crippen molar-refractivity contribution in [3.63, 3.8) is 0 Å². The van der Waals surface area contributed by atoms with Gasteiger partial charge in [0.2, 0.25) is 0 Å². The van der Waals surface area contributed by atoms with Gasteiger partial charge in [-0.25, -0.2) is 9.78 Å². The van der Waals surface area contributed by atoms with Crippen LogP contribution in [0.1, 0.15) is 52.3 Å². The number of halogens is 1. The lowest BCUT2D eigenvalue weighted by atomic mass is 9.89. The van der Waals surface area contributed by atoms with Crippen LogP contribution in [-0.2, 0) is 17.6 Å². The average molecular weight is 409 g/mol. The summed E-state index contributed by atoms with van der Waals surface area (Å²) in [6.07, 6.45) is 2.36. The van der Waals surface area contributed by atoms with Gasteiger partial charge in [-0.3, -0.25) is 4.79 Å². The minimum absolute atomic E-state index is 0.154. The second kappa shape index (κ2) is 6.79. The van der Waals surface area contributed by atoms with Crippen LogP contribution in [0.5, 0.6) is 0 Å². The van der Waals surface area contributed by atoms with Gasteiger partial charge in [0.1, 0.15) is 9.71 Å². The minimum atomic E-state index is -0.654. The predicted molar refractivity (Wildman–Crippen MR) is 105 cm³/mol. The third-order valence-electron chi connectivity index (χ3n) is 4.63. The molecule has 5 nitrogen and oxygen atoms in total. The summed E-state index contributed by atoms with van der Waals surface area (Å²) in [6, 6.07) is 3.27. The average Bonchev–Trinajstić information content (AvgIpc) is 3.17. The Labute approximate surface area is 163 Å². The van der Waals surface area contributed by atoms with Crippen LogP contribution in [0.2, 0.25) is 4.34 Å². The van der Waals surface area contributed by atoms with Gasteiger partial charge in [0.25, 0.3) is 5.56 Å². The molecule has 1 aliphatic carbocycles. The van der Waals surface area contributed by atoms with E-state index in [9.17, 15) is 9.59 Å². The lowest BCUT2D eigenvalue weighted by Crippen LogP contribution is -2.18. The van der Waals surface area contributed by atoms with Crippen LogP contribution < -0.4 is 5.56 Å². The van der Waals surface area contributed by atoms with Crippen LogP contribution in [0.15, 0.2) is 16.9 Å². The Bertz CT molecular complexity index is 1050. The van der Waals surface area contributed by atoms with E-state index < -0.39 is 12.1 Å². The molecule has 0 radical (unpaired) electrons. The van der Waals surface area contributed by atoms with Gasteiger partial charge >= 0.3 is 5.97 Å². The third-order valence-corrected chi connectivity index (χ3v) is 6.99. The second-order valence-electron chi connectivity index (χ2n) is 6.63. The van der Waals surface area contributed by atoms with Crippen molar-refractivity contribution < 1.29 is 9.53 Å². The SMILES string of the molecule is C[C@@H]1CCc2c(sc3nc([C@@H](C)OC(=O)c4ccc(Cl)s4)[nH]c(=O)c23)C1. The molecule has 3 aromatic rings. The maximum absolute atomic E-state index is 12.6. The zero-order valence-corrected chi connectivity index (χ0v) is 16.7. The normalized spacial score (nSPS) is 17.9. The first kappa shape index (κ1) is 17.7. The first-order valence-electron chi connectivity index (χ1n) is 8.43. The maximum atomic E-state index is 12.6. The molecular weight excluding hydrogens is 392 g/mol. The monoisotopic (exact) mass is 408 g/mol. The fourth-order valence-electron chi connectivity index (χ4n) is 3.26. The number of hydrogen-bond donors (Lipinski definition) is 1. The van der Waals surface area contributed by atoms with Crippen molar-refractivity contribution in [2.45, 2.75) is 39.2 Å². The number of nitrogens with one attached hydrogen (secondary N) is 1. The summed E-state index contributed by atoms with van der Waals surface area (Å²) in [5, 5.41) is 0.698. The predicted octanol–water partition coefficient (Wildman–Crippen LogP) is 4.74. The first-order valence-corrected chi connectivity index (χ1v) is 10.4. The molecule has 0 bridgehead atoms. The number of thiophene rings is 2. The molecular formula is C18H17ClN2O3S2. The fraction of sp³-hybridized carbons (Fsp3) is 0.389. The second-order valence-corrected chi connectivity index (χ2v) is 9.43. The molecule has 1 N–H and O–H groups in total. The highest BCUT2D eigenvalue weighted by molar-refractivity contribution is 7.19. The van der Waals surface area contributed by atoms with Crippen molar-refractivity contribution in [1.82, 2.24) is 9.97 Å². The van der Waals surface area contributed by atoms with E-state index in [0.717, 1.165) is 41.0 Å². The number of hydrogen-bond acceptors (Lipinski definition) is 6. The van der Waals surface area contributed by atoms with Gasteiger partial charge in [-0.15, -0.1) is 22.7 Å². The highest BCUT2D eigenvalue weighted by atomic mass is 35.5. The van der Waals surface area contributed by atoms with Crippen molar-refractivity contribution in [2.24, 2.45) is 5.92 Å². The number of rotatable bonds is 3. The molecule has 0 aliphatic heterocycles. The molecule has 2 atom stereocenters. The summed E-state index contributed by atoms with van der Waals surface area (Å²) in [4.78, 5) is 34.6. The van der Waals surface area contributed by atoms with Crippen LogP contribution >= 0.6 is 34.3 Å². The molecule has 4 rings (SSSR count). The van der Waals surface area contributed by atoms with Gasteiger partial charge in [0, 0.05) is 4.88 Å². The molecule has 0 aromatic carbocycles. The van der Waals surface area contributed by atoms with Gasteiger partial charge in [0.15, 0.2) is 11.9 Å². The number of aryl methyl sites for hydroxylation is 1. The Kier molecular flexibility index (Phi) is 4.62. The van der Waals surface area contributed by atoms with E-state index >= 15 is 0 Å². The van der Waals surface area contributed by atoms with Gasteiger partial charge in [-0.05, 0) is 49.8 Å². The Morgan fingerprint density at radius 2 is 2.23 bits per heavy atom. The van der Waals surface area contributed by atoms with E-state index in [1.165, 1.54) is 4.88 Å². The highest BCUT2D eigenvalue weighted by Gasteiger charge is 2.24. The fourth-order valence-corrected chi connectivity index (χ4v) is 5.57. The van der Waals surface area contributed by atoms with Crippen LogP contribution in [0.3, 0.4) is 0 Å². The molecule has 0 fully saturated rings. The van der Waals surface area contributed by atoms with E-state index in [1.807, 2.05) is 0 Å². The quantitative estimate of drug-likeness (QED) is 0.635. The summed E-state index contributed by atoms with van der Waals surface area (Å²) in [6.45, 7) is 3.93. The molecule has 0 unspecified atom stereocenters. The van der Waals surface area contributed by atoms with Crippen LogP contribution in [0, 0.1) is 5.92 Å². The van der Waals surface area contributed by atoms with Crippen LogP contribution in [0.4, 0.5) is 0 Å². The molecule has 3 heterocycles. The van der Waals surface area contributed by atoms with Gasteiger partial charge in [-0.1, -0.05) is 18.5 Å². The molecule has 0 spiro atoms. The van der Waals surface area contributed by atoms with E-state index in [0.29, 0.717) is 26.3 Å². The molecule has 0 saturated heterocycles.